The summed E-state index contributed by atoms with van der Waals surface area (Å²) in [6.07, 6.45) is 0. The number of amides is 1. The molecule has 0 bridgehead atoms. The molecule has 0 aliphatic carbocycles. The Bertz CT molecular complexity index is 801. The molecule has 0 spiro atoms. The van der Waals surface area contributed by atoms with Crippen LogP contribution in [0.1, 0.15) is 15.9 Å². The van der Waals surface area contributed by atoms with E-state index in [1.807, 2.05) is 61.5 Å². The zero-order chi connectivity index (χ0) is 16.8. The van der Waals surface area contributed by atoms with Crippen LogP contribution in [0.5, 0.6) is 0 Å². The Balaban J connectivity index is 1.52. The van der Waals surface area contributed by atoms with Crippen molar-refractivity contribution in [2.24, 2.45) is 0 Å². The summed E-state index contributed by atoms with van der Waals surface area (Å²) in [4.78, 5) is 12.0. The normalized spacial score (nSPS) is 10.5. The van der Waals surface area contributed by atoms with Crippen LogP contribution in [0.15, 0.2) is 59.8 Å². The second-order valence-electron chi connectivity index (χ2n) is 5.18. The Kier molecular flexibility index (Phi) is 5.22. The minimum absolute atomic E-state index is 0.0711. The molecule has 0 saturated heterocycles. The van der Waals surface area contributed by atoms with Gasteiger partial charge in [0.2, 0.25) is 5.16 Å². The molecule has 0 fully saturated rings. The van der Waals surface area contributed by atoms with Crippen LogP contribution in [0.4, 0.5) is 0 Å². The Morgan fingerprint density at radius 1 is 1.12 bits per heavy atom. The number of benzene rings is 2. The summed E-state index contributed by atoms with van der Waals surface area (Å²) in [6.45, 7) is 2.54. The first kappa shape index (κ1) is 16.2. The molecule has 1 amide bonds. The Labute approximate surface area is 144 Å². The molecule has 0 radical (unpaired) electrons. The van der Waals surface area contributed by atoms with Gasteiger partial charge < -0.3 is 5.32 Å². The fourth-order valence-electron chi connectivity index (χ4n) is 2.11. The van der Waals surface area contributed by atoms with Crippen LogP contribution in [-0.2, 0) is 0 Å². The maximum atomic E-state index is 12.0. The Morgan fingerprint density at radius 3 is 2.62 bits per heavy atom. The van der Waals surface area contributed by atoms with Gasteiger partial charge in [0.1, 0.15) is 0 Å². The molecular weight excluding hydrogens is 322 g/mol. The van der Waals surface area contributed by atoms with Crippen molar-refractivity contribution in [3.63, 3.8) is 0 Å². The van der Waals surface area contributed by atoms with Gasteiger partial charge in [-0.2, -0.15) is 4.68 Å². The van der Waals surface area contributed by atoms with Gasteiger partial charge in [-0.1, -0.05) is 47.7 Å². The van der Waals surface area contributed by atoms with Gasteiger partial charge in [-0.15, -0.1) is 5.10 Å². The number of rotatable bonds is 6. The zero-order valence-electron chi connectivity index (χ0n) is 13.2. The van der Waals surface area contributed by atoms with Crippen LogP contribution in [0.25, 0.3) is 5.69 Å². The molecule has 2 aromatic carbocycles. The molecule has 122 valence electrons. The molecule has 0 saturated carbocycles. The Hall–Kier alpha value is -2.67. The number of thioether (sulfide) groups is 1. The maximum Gasteiger partial charge on any atom is 0.251 e. The SMILES string of the molecule is Cc1ccc(C(=O)NCCSc2nnnn2-c2ccccc2)cc1. The number of aromatic nitrogens is 4. The lowest BCUT2D eigenvalue weighted by Crippen LogP contribution is -2.25. The number of aryl methyl sites for hydroxylation is 1. The minimum atomic E-state index is -0.0711. The van der Waals surface area contributed by atoms with Crippen molar-refractivity contribution in [3.8, 4) is 5.69 Å². The lowest BCUT2D eigenvalue weighted by molar-refractivity contribution is 0.0956. The van der Waals surface area contributed by atoms with E-state index in [0.717, 1.165) is 11.3 Å². The fourth-order valence-corrected chi connectivity index (χ4v) is 2.86. The van der Waals surface area contributed by atoms with E-state index in [4.69, 9.17) is 0 Å². The molecule has 7 heteroatoms. The van der Waals surface area contributed by atoms with Gasteiger partial charge in [0.05, 0.1) is 5.69 Å². The second kappa shape index (κ2) is 7.74. The summed E-state index contributed by atoms with van der Waals surface area (Å²) < 4.78 is 1.69. The highest BCUT2D eigenvalue weighted by atomic mass is 32.2. The van der Waals surface area contributed by atoms with E-state index in [0.29, 0.717) is 23.0 Å². The molecule has 3 aromatic rings. The summed E-state index contributed by atoms with van der Waals surface area (Å²) in [7, 11) is 0. The standard InChI is InChI=1S/C17H17N5OS/c1-13-7-9-14(10-8-13)16(23)18-11-12-24-17-19-20-21-22(17)15-5-3-2-4-6-15/h2-10H,11-12H2,1H3,(H,18,23). The quantitative estimate of drug-likeness (QED) is 0.552. The summed E-state index contributed by atoms with van der Waals surface area (Å²) in [6, 6.07) is 17.2. The number of nitrogens with one attached hydrogen (secondary N) is 1. The van der Waals surface area contributed by atoms with Crippen molar-refractivity contribution in [1.29, 1.82) is 0 Å². The largest absolute Gasteiger partial charge is 0.351 e. The molecule has 6 nitrogen and oxygen atoms in total. The molecule has 0 aliphatic heterocycles. The van der Waals surface area contributed by atoms with Crippen LogP contribution < -0.4 is 5.32 Å². The Morgan fingerprint density at radius 2 is 1.88 bits per heavy atom. The van der Waals surface area contributed by atoms with E-state index < -0.39 is 0 Å². The number of hydrogen-bond acceptors (Lipinski definition) is 5. The first-order valence-corrected chi connectivity index (χ1v) is 8.54. The topological polar surface area (TPSA) is 72.7 Å². The van der Waals surface area contributed by atoms with E-state index in [1.165, 1.54) is 11.8 Å². The predicted molar refractivity (Wildman–Crippen MR) is 93.4 cm³/mol. The predicted octanol–water partition coefficient (Wildman–Crippen LogP) is 2.49. The third-order valence-electron chi connectivity index (χ3n) is 3.37. The maximum absolute atomic E-state index is 12.0. The third kappa shape index (κ3) is 3.99. The van der Waals surface area contributed by atoms with Crippen molar-refractivity contribution in [1.82, 2.24) is 25.5 Å². The minimum Gasteiger partial charge on any atom is -0.351 e. The number of nitrogens with zero attached hydrogens (tertiary/aromatic N) is 4. The summed E-state index contributed by atoms with van der Waals surface area (Å²) in [5.41, 5.74) is 2.71. The number of carbonyl (C=O) groups excluding carboxylic acids is 1. The van der Waals surface area contributed by atoms with E-state index >= 15 is 0 Å². The van der Waals surface area contributed by atoms with Crippen LogP contribution in [0.3, 0.4) is 0 Å². The smallest absolute Gasteiger partial charge is 0.251 e. The van der Waals surface area contributed by atoms with Crippen LogP contribution >= 0.6 is 11.8 Å². The molecule has 1 N–H and O–H groups in total. The number of carbonyl (C=O) groups is 1. The summed E-state index contributed by atoms with van der Waals surface area (Å²) in [5, 5.41) is 15.4. The van der Waals surface area contributed by atoms with Crippen molar-refractivity contribution in [2.75, 3.05) is 12.3 Å². The lowest BCUT2D eigenvalue weighted by Gasteiger charge is -2.06. The van der Waals surface area contributed by atoms with Gasteiger partial charge in [-0.25, -0.2) is 0 Å². The summed E-state index contributed by atoms with van der Waals surface area (Å²) in [5.74, 6) is 0.614. The van der Waals surface area contributed by atoms with Crippen LogP contribution in [0, 0.1) is 6.92 Å². The van der Waals surface area contributed by atoms with Crippen molar-refractivity contribution < 1.29 is 4.79 Å². The van der Waals surface area contributed by atoms with Crippen molar-refractivity contribution in [3.05, 3.63) is 65.7 Å². The molecule has 0 atom stereocenters. The molecular formula is C17H17N5OS. The average molecular weight is 339 g/mol. The van der Waals surface area contributed by atoms with E-state index in [-0.39, 0.29) is 5.91 Å². The van der Waals surface area contributed by atoms with Gasteiger partial charge in [0, 0.05) is 17.9 Å². The van der Waals surface area contributed by atoms with E-state index in [2.05, 4.69) is 20.8 Å². The van der Waals surface area contributed by atoms with Crippen molar-refractivity contribution in [2.45, 2.75) is 12.1 Å². The first-order valence-electron chi connectivity index (χ1n) is 7.55. The molecule has 1 heterocycles. The highest BCUT2D eigenvalue weighted by Crippen LogP contribution is 2.17. The van der Waals surface area contributed by atoms with Crippen LogP contribution in [-0.4, -0.2) is 38.4 Å². The van der Waals surface area contributed by atoms with Gasteiger partial charge in [-0.3, -0.25) is 4.79 Å². The second-order valence-corrected chi connectivity index (χ2v) is 6.24. The number of hydrogen-bond donors (Lipinski definition) is 1. The van der Waals surface area contributed by atoms with Gasteiger partial charge in [0.15, 0.2) is 0 Å². The van der Waals surface area contributed by atoms with Gasteiger partial charge in [0.25, 0.3) is 5.91 Å². The molecule has 3 rings (SSSR count). The molecule has 0 aliphatic rings. The monoisotopic (exact) mass is 339 g/mol. The van der Waals surface area contributed by atoms with Crippen molar-refractivity contribution >= 4 is 17.7 Å². The fraction of sp³-hybridized carbons (Fsp3) is 0.176. The van der Waals surface area contributed by atoms with Crippen LogP contribution in [0.2, 0.25) is 0 Å². The van der Waals surface area contributed by atoms with E-state index in [1.54, 1.807) is 4.68 Å². The number of para-hydroxylation sites is 1. The van der Waals surface area contributed by atoms with Gasteiger partial charge >= 0.3 is 0 Å². The first-order chi connectivity index (χ1) is 11.7. The highest BCUT2D eigenvalue weighted by Gasteiger charge is 2.09. The lowest BCUT2D eigenvalue weighted by atomic mass is 10.1. The third-order valence-corrected chi connectivity index (χ3v) is 4.30. The highest BCUT2D eigenvalue weighted by molar-refractivity contribution is 7.99. The molecule has 1 aromatic heterocycles. The summed E-state index contributed by atoms with van der Waals surface area (Å²) >= 11 is 1.50. The van der Waals surface area contributed by atoms with E-state index in [9.17, 15) is 4.79 Å². The number of tetrazole rings is 1. The molecule has 0 unspecified atom stereocenters. The van der Waals surface area contributed by atoms with Gasteiger partial charge in [-0.05, 0) is 41.6 Å². The average Bonchev–Trinajstić information content (AvgIpc) is 3.08. The molecule has 24 heavy (non-hydrogen) atoms. The zero-order valence-corrected chi connectivity index (χ0v) is 14.0.